The van der Waals surface area contributed by atoms with Gasteiger partial charge in [-0.05, 0) is 29.8 Å². The molecule has 6 heteroatoms. The first-order valence-electron chi connectivity index (χ1n) is 10.6. The van der Waals surface area contributed by atoms with Gasteiger partial charge in [-0.3, -0.25) is 9.69 Å². The van der Waals surface area contributed by atoms with Crippen molar-refractivity contribution in [1.82, 2.24) is 10.2 Å². The van der Waals surface area contributed by atoms with Gasteiger partial charge in [-0.25, -0.2) is 0 Å². The number of anilines is 1. The molecule has 0 spiro atoms. The molecule has 160 valence electrons. The summed E-state index contributed by atoms with van der Waals surface area (Å²) in [6.45, 7) is 10.4. The van der Waals surface area contributed by atoms with Gasteiger partial charge in [0.15, 0.2) is 11.5 Å². The van der Waals surface area contributed by atoms with E-state index in [9.17, 15) is 4.79 Å². The minimum Gasteiger partial charge on any atom is -0.454 e. The first-order valence-corrected chi connectivity index (χ1v) is 10.6. The Morgan fingerprint density at radius 1 is 1.00 bits per heavy atom. The molecule has 2 aliphatic rings. The SMILES string of the molecule is CC(C)(C)C(=O)NC[C@H](c1ccc2c(c1)OCO2)N1CCN(c2ccccc2)CC1. The highest BCUT2D eigenvalue weighted by Crippen LogP contribution is 2.36. The second kappa shape index (κ2) is 8.56. The molecule has 4 rings (SSSR count). The molecule has 30 heavy (non-hydrogen) atoms. The number of rotatable bonds is 5. The third-order valence-corrected chi connectivity index (χ3v) is 5.79. The van der Waals surface area contributed by atoms with Gasteiger partial charge in [-0.1, -0.05) is 45.0 Å². The number of nitrogens with one attached hydrogen (secondary N) is 1. The number of piperazine rings is 1. The minimum atomic E-state index is -0.411. The summed E-state index contributed by atoms with van der Waals surface area (Å²) in [7, 11) is 0. The minimum absolute atomic E-state index is 0.0659. The molecular weight excluding hydrogens is 378 g/mol. The third-order valence-electron chi connectivity index (χ3n) is 5.79. The van der Waals surface area contributed by atoms with Crippen LogP contribution < -0.4 is 19.7 Å². The van der Waals surface area contributed by atoms with Gasteiger partial charge in [0.1, 0.15) is 0 Å². The monoisotopic (exact) mass is 409 g/mol. The number of fused-ring (bicyclic) bond motifs is 1. The number of nitrogens with zero attached hydrogens (tertiary/aromatic N) is 2. The standard InChI is InChI=1S/C24H31N3O3/c1-24(2,3)23(28)25-16-20(18-9-10-21-22(15-18)30-17-29-21)27-13-11-26(12-14-27)19-7-5-4-6-8-19/h4-10,15,20H,11-14,16-17H2,1-3H3,(H,25,28)/t20-/m1/s1. The van der Waals surface area contributed by atoms with Gasteiger partial charge in [-0.15, -0.1) is 0 Å². The van der Waals surface area contributed by atoms with E-state index in [2.05, 4.69) is 51.5 Å². The average molecular weight is 410 g/mol. The number of hydrogen-bond donors (Lipinski definition) is 1. The fraction of sp³-hybridized carbons (Fsp3) is 0.458. The largest absolute Gasteiger partial charge is 0.454 e. The highest BCUT2D eigenvalue weighted by Gasteiger charge is 2.29. The average Bonchev–Trinajstić information content (AvgIpc) is 3.22. The zero-order valence-electron chi connectivity index (χ0n) is 18.1. The summed E-state index contributed by atoms with van der Waals surface area (Å²) >= 11 is 0. The molecule has 2 aromatic carbocycles. The van der Waals surface area contributed by atoms with Gasteiger partial charge in [0.2, 0.25) is 12.7 Å². The molecule has 0 aromatic heterocycles. The third kappa shape index (κ3) is 4.54. The molecule has 2 heterocycles. The molecule has 0 bridgehead atoms. The smallest absolute Gasteiger partial charge is 0.231 e. The maximum atomic E-state index is 12.5. The predicted octanol–water partition coefficient (Wildman–Crippen LogP) is 3.44. The lowest BCUT2D eigenvalue weighted by molar-refractivity contribution is -0.128. The van der Waals surface area contributed by atoms with Gasteiger partial charge < -0.3 is 19.7 Å². The lowest BCUT2D eigenvalue weighted by Crippen LogP contribution is -2.50. The van der Waals surface area contributed by atoms with Crippen molar-refractivity contribution in [2.75, 3.05) is 44.4 Å². The van der Waals surface area contributed by atoms with E-state index >= 15 is 0 Å². The lowest BCUT2D eigenvalue weighted by Gasteiger charge is -2.40. The molecule has 2 aliphatic heterocycles. The Labute approximate surface area is 178 Å². The normalized spacial score (nSPS) is 17.6. The quantitative estimate of drug-likeness (QED) is 0.820. The lowest BCUT2D eigenvalue weighted by atomic mass is 9.95. The molecule has 1 N–H and O–H groups in total. The molecule has 2 aromatic rings. The first kappa shape index (κ1) is 20.5. The zero-order chi connectivity index (χ0) is 21.1. The van der Waals surface area contributed by atoms with Crippen molar-refractivity contribution in [1.29, 1.82) is 0 Å². The van der Waals surface area contributed by atoms with Gasteiger partial charge in [0.05, 0.1) is 6.04 Å². The molecule has 0 radical (unpaired) electrons. The summed E-state index contributed by atoms with van der Waals surface area (Å²) in [6.07, 6.45) is 0. The van der Waals surface area contributed by atoms with E-state index in [1.165, 1.54) is 5.69 Å². The molecule has 1 fully saturated rings. The number of ether oxygens (including phenoxy) is 2. The Morgan fingerprint density at radius 3 is 2.40 bits per heavy atom. The maximum Gasteiger partial charge on any atom is 0.231 e. The number of para-hydroxylation sites is 1. The van der Waals surface area contributed by atoms with Crippen molar-refractivity contribution in [2.24, 2.45) is 5.41 Å². The highest BCUT2D eigenvalue weighted by atomic mass is 16.7. The molecule has 0 saturated carbocycles. The predicted molar refractivity (Wildman–Crippen MR) is 118 cm³/mol. The Bertz CT molecular complexity index is 871. The molecular formula is C24H31N3O3. The van der Waals surface area contributed by atoms with Crippen LogP contribution in [0.25, 0.3) is 0 Å². The summed E-state index contributed by atoms with van der Waals surface area (Å²) in [6, 6.07) is 16.7. The number of hydrogen-bond acceptors (Lipinski definition) is 5. The molecule has 1 atom stereocenters. The fourth-order valence-electron chi connectivity index (χ4n) is 3.96. The fourth-order valence-corrected chi connectivity index (χ4v) is 3.96. The number of carbonyl (C=O) groups is 1. The summed E-state index contributed by atoms with van der Waals surface area (Å²) in [5.74, 6) is 1.63. The Hall–Kier alpha value is -2.73. The second-order valence-electron chi connectivity index (χ2n) is 8.95. The van der Waals surface area contributed by atoms with Crippen LogP contribution in [0.4, 0.5) is 5.69 Å². The van der Waals surface area contributed by atoms with Crippen LogP contribution in [0.1, 0.15) is 32.4 Å². The summed E-state index contributed by atoms with van der Waals surface area (Å²) < 4.78 is 11.1. The zero-order valence-corrected chi connectivity index (χ0v) is 18.1. The second-order valence-corrected chi connectivity index (χ2v) is 8.95. The van der Waals surface area contributed by atoms with Crippen LogP contribution in [0.5, 0.6) is 11.5 Å². The summed E-state index contributed by atoms with van der Waals surface area (Å²) in [5.41, 5.74) is 1.99. The van der Waals surface area contributed by atoms with Crippen molar-refractivity contribution >= 4 is 11.6 Å². The van der Waals surface area contributed by atoms with Gasteiger partial charge in [-0.2, -0.15) is 0 Å². The topological polar surface area (TPSA) is 54.0 Å². The maximum absolute atomic E-state index is 12.5. The van der Waals surface area contributed by atoms with Crippen LogP contribution in [0.3, 0.4) is 0 Å². The van der Waals surface area contributed by atoms with Crippen LogP contribution in [-0.4, -0.2) is 50.3 Å². The highest BCUT2D eigenvalue weighted by molar-refractivity contribution is 5.81. The van der Waals surface area contributed by atoms with Gasteiger partial charge in [0, 0.05) is 43.8 Å². The number of carbonyl (C=O) groups excluding carboxylic acids is 1. The van der Waals surface area contributed by atoms with E-state index in [4.69, 9.17) is 9.47 Å². The van der Waals surface area contributed by atoms with E-state index in [-0.39, 0.29) is 18.7 Å². The summed E-state index contributed by atoms with van der Waals surface area (Å²) in [4.78, 5) is 17.4. The molecule has 1 amide bonds. The van der Waals surface area contributed by atoms with Crippen molar-refractivity contribution < 1.29 is 14.3 Å². The van der Waals surface area contributed by atoms with Crippen LogP contribution >= 0.6 is 0 Å². The van der Waals surface area contributed by atoms with Crippen molar-refractivity contribution in [3.63, 3.8) is 0 Å². The molecule has 6 nitrogen and oxygen atoms in total. The number of benzene rings is 2. The first-order chi connectivity index (χ1) is 14.4. The Morgan fingerprint density at radius 2 is 1.70 bits per heavy atom. The molecule has 0 aliphatic carbocycles. The summed E-state index contributed by atoms with van der Waals surface area (Å²) in [5, 5.41) is 3.16. The van der Waals surface area contributed by atoms with Crippen LogP contribution in [0, 0.1) is 5.41 Å². The van der Waals surface area contributed by atoms with E-state index in [1.54, 1.807) is 0 Å². The van der Waals surface area contributed by atoms with Crippen molar-refractivity contribution in [3.8, 4) is 11.5 Å². The molecule has 0 unspecified atom stereocenters. The van der Waals surface area contributed by atoms with Crippen LogP contribution in [0.2, 0.25) is 0 Å². The van der Waals surface area contributed by atoms with E-state index in [0.717, 1.165) is 43.2 Å². The Balaban J connectivity index is 1.49. The van der Waals surface area contributed by atoms with Gasteiger partial charge in [0.25, 0.3) is 0 Å². The van der Waals surface area contributed by atoms with Gasteiger partial charge >= 0.3 is 0 Å². The van der Waals surface area contributed by atoms with Crippen LogP contribution in [-0.2, 0) is 4.79 Å². The van der Waals surface area contributed by atoms with E-state index in [0.29, 0.717) is 6.54 Å². The van der Waals surface area contributed by atoms with E-state index < -0.39 is 5.41 Å². The van der Waals surface area contributed by atoms with Crippen LogP contribution in [0.15, 0.2) is 48.5 Å². The van der Waals surface area contributed by atoms with E-state index in [1.807, 2.05) is 32.9 Å². The number of amides is 1. The Kier molecular flexibility index (Phi) is 5.86. The van der Waals surface area contributed by atoms with Crippen molar-refractivity contribution in [2.45, 2.75) is 26.8 Å². The molecule has 1 saturated heterocycles. The van der Waals surface area contributed by atoms with Crippen molar-refractivity contribution in [3.05, 3.63) is 54.1 Å².